The van der Waals surface area contributed by atoms with Gasteiger partial charge in [-0.15, -0.1) is 0 Å². The predicted molar refractivity (Wildman–Crippen MR) is 70.2 cm³/mol. The molecule has 102 valence electrons. The Morgan fingerprint density at radius 1 is 1.17 bits per heavy atom. The Morgan fingerprint density at radius 2 is 1.78 bits per heavy atom. The van der Waals surface area contributed by atoms with Gasteiger partial charge in [0.1, 0.15) is 5.78 Å². The summed E-state index contributed by atoms with van der Waals surface area (Å²) in [5, 5.41) is 0. The van der Waals surface area contributed by atoms with E-state index in [0.717, 1.165) is 19.3 Å². The van der Waals surface area contributed by atoms with Crippen LogP contribution in [0.1, 0.15) is 47.0 Å². The first-order chi connectivity index (χ1) is 8.38. The fourth-order valence-electron chi connectivity index (χ4n) is 3.33. The molecule has 1 heterocycles. The normalized spacial score (nSPS) is 34.6. The zero-order valence-electron chi connectivity index (χ0n) is 11.9. The van der Waals surface area contributed by atoms with Crippen LogP contribution in [0, 0.1) is 10.8 Å². The number of hydrogen-bond acceptors (Lipinski definition) is 3. The third kappa shape index (κ3) is 1.84. The van der Waals surface area contributed by atoms with Crippen molar-refractivity contribution in [1.82, 2.24) is 0 Å². The highest BCUT2D eigenvalue weighted by Crippen LogP contribution is 2.53. The summed E-state index contributed by atoms with van der Waals surface area (Å²) < 4.78 is 11.6. The Morgan fingerprint density at radius 3 is 2.33 bits per heavy atom. The molecule has 0 aromatic heterocycles. The molecule has 1 spiro atoms. The highest BCUT2D eigenvalue weighted by Gasteiger charge is 2.61. The lowest BCUT2D eigenvalue weighted by molar-refractivity contribution is -0.246. The number of hydrogen-bond donors (Lipinski definition) is 0. The molecule has 1 atom stereocenters. The van der Waals surface area contributed by atoms with Crippen LogP contribution in [0.4, 0.5) is 0 Å². The summed E-state index contributed by atoms with van der Waals surface area (Å²) in [5.41, 5.74) is -0.853. The molecule has 0 radical (unpaired) electrons. The van der Waals surface area contributed by atoms with Gasteiger partial charge in [0.05, 0.1) is 18.6 Å². The maximum atomic E-state index is 12.8. The summed E-state index contributed by atoms with van der Waals surface area (Å²) in [6.07, 6.45) is 6.54. The Hall–Kier alpha value is -0.670. The van der Waals surface area contributed by atoms with Crippen LogP contribution in [0.25, 0.3) is 0 Å². The van der Waals surface area contributed by atoms with E-state index in [9.17, 15) is 4.79 Å². The van der Waals surface area contributed by atoms with E-state index in [1.54, 1.807) is 0 Å². The molecular weight excluding hydrogens is 228 g/mol. The van der Waals surface area contributed by atoms with E-state index in [4.69, 9.17) is 9.47 Å². The molecule has 0 amide bonds. The van der Waals surface area contributed by atoms with E-state index < -0.39 is 11.2 Å². The summed E-state index contributed by atoms with van der Waals surface area (Å²) in [4.78, 5) is 12.8. The van der Waals surface area contributed by atoms with E-state index >= 15 is 0 Å². The van der Waals surface area contributed by atoms with Crippen LogP contribution < -0.4 is 0 Å². The molecule has 1 saturated heterocycles. The topological polar surface area (TPSA) is 35.5 Å². The van der Waals surface area contributed by atoms with Crippen LogP contribution in [-0.2, 0) is 14.3 Å². The van der Waals surface area contributed by atoms with Crippen molar-refractivity contribution in [3.63, 3.8) is 0 Å². The minimum Gasteiger partial charge on any atom is -0.347 e. The standard InChI is InChI=1S/C15H24O3/c1-5-6-7-14(4)8-9-15(17-10-11-18-15)13(2,3)12(14)16/h5-6H,7-11H2,1-4H3/b6-5+. The first kappa shape index (κ1) is 13.8. The van der Waals surface area contributed by atoms with Gasteiger partial charge in [0.25, 0.3) is 0 Å². The van der Waals surface area contributed by atoms with Gasteiger partial charge in [-0.2, -0.15) is 0 Å². The Bertz CT molecular complexity index is 364. The minimum atomic E-state index is -0.681. The van der Waals surface area contributed by atoms with Crippen LogP contribution in [0.15, 0.2) is 12.2 Å². The van der Waals surface area contributed by atoms with Crippen molar-refractivity contribution < 1.29 is 14.3 Å². The zero-order chi connectivity index (χ0) is 13.4. The number of allylic oxidation sites excluding steroid dienone is 2. The van der Waals surface area contributed by atoms with Crippen LogP contribution in [-0.4, -0.2) is 24.8 Å². The number of rotatable bonds is 2. The van der Waals surface area contributed by atoms with Crippen LogP contribution in [0.3, 0.4) is 0 Å². The predicted octanol–water partition coefficient (Wildman–Crippen LogP) is 3.09. The molecule has 0 aromatic rings. The van der Waals surface area contributed by atoms with Crippen molar-refractivity contribution in [1.29, 1.82) is 0 Å². The fourth-order valence-corrected chi connectivity index (χ4v) is 3.33. The molecule has 0 bridgehead atoms. The number of ketones is 1. The maximum absolute atomic E-state index is 12.8. The number of carbonyl (C=O) groups is 1. The van der Waals surface area contributed by atoms with Gasteiger partial charge in [-0.1, -0.05) is 19.1 Å². The average Bonchev–Trinajstić information content (AvgIpc) is 2.82. The molecular formula is C15H24O3. The van der Waals surface area contributed by atoms with Crippen LogP contribution in [0.2, 0.25) is 0 Å². The molecule has 2 fully saturated rings. The maximum Gasteiger partial charge on any atom is 0.180 e. The summed E-state index contributed by atoms with van der Waals surface area (Å²) in [5.74, 6) is -0.416. The molecule has 3 nitrogen and oxygen atoms in total. The van der Waals surface area contributed by atoms with Gasteiger partial charge in [0.2, 0.25) is 0 Å². The monoisotopic (exact) mass is 252 g/mol. The highest BCUT2D eigenvalue weighted by molar-refractivity contribution is 5.91. The summed E-state index contributed by atoms with van der Waals surface area (Å²) in [6, 6.07) is 0. The lowest BCUT2D eigenvalue weighted by Crippen LogP contribution is -2.59. The second-order valence-corrected chi connectivity index (χ2v) is 6.24. The van der Waals surface area contributed by atoms with Crippen molar-refractivity contribution >= 4 is 5.78 Å². The quantitative estimate of drug-likeness (QED) is 0.708. The number of carbonyl (C=O) groups excluding carboxylic acids is 1. The third-order valence-electron chi connectivity index (χ3n) is 4.63. The summed E-state index contributed by atoms with van der Waals surface area (Å²) in [7, 11) is 0. The third-order valence-corrected chi connectivity index (χ3v) is 4.63. The van der Waals surface area contributed by atoms with Crippen LogP contribution >= 0.6 is 0 Å². The first-order valence-corrected chi connectivity index (χ1v) is 6.82. The highest BCUT2D eigenvalue weighted by atomic mass is 16.7. The summed E-state index contributed by atoms with van der Waals surface area (Å²) >= 11 is 0. The Kier molecular flexibility index (Phi) is 3.41. The average molecular weight is 252 g/mol. The van der Waals surface area contributed by atoms with Gasteiger partial charge in [0.15, 0.2) is 5.79 Å². The first-order valence-electron chi connectivity index (χ1n) is 6.82. The van der Waals surface area contributed by atoms with E-state index in [1.165, 1.54) is 0 Å². The number of Topliss-reactive ketones (excluding diaryl/α,β-unsaturated/α-hetero) is 1. The molecule has 1 unspecified atom stereocenters. The molecule has 1 aliphatic carbocycles. The molecule has 18 heavy (non-hydrogen) atoms. The van der Waals surface area contributed by atoms with Crippen LogP contribution in [0.5, 0.6) is 0 Å². The molecule has 1 saturated carbocycles. The van der Waals surface area contributed by atoms with Gasteiger partial charge >= 0.3 is 0 Å². The van der Waals surface area contributed by atoms with Gasteiger partial charge in [-0.25, -0.2) is 0 Å². The lowest BCUT2D eigenvalue weighted by Gasteiger charge is -2.50. The van der Waals surface area contributed by atoms with Crippen molar-refractivity contribution in [2.24, 2.45) is 10.8 Å². The van der Waals surface area contributed by atoms with E-state index in [1.807, 2.05) is 26.8 Å². The van der Waals surface area contributed by atoms with E-state index in [2.05, 4.69) is 13.0 Å². The fraction of sp³-hybridized carbons (Fsp3) is 0.800. The molecule has 1 aliphatic heterocycles. The Balaban J connectivity index is 2.27. The van der Waals surface area contributed by atoms with Crippen molar-refractivity contribution in [3.8, 4) is 0 Å². The zero-order valence-corrected chi connectivity index (χ0v) is 11.9. The number of ether oxygens (including phenoxy) is 2. The van der Waals surface area contributed by atoms with Crippen molar-refractivity contribution in [3.05, 3.63) is 12.2 Å². The molecule has 0 N–H and O–H groups in total. The van der Waals surface area contributed by atoms with Gasteiger partial charge in [0, 0.05) is 11.8 Å². The second-order valence-electron chi connectivity index (χ2n) is 6.24. The molecule has 2 aliphatic rings. The smallest absolute Gasteiger partial charge is 0.180 e. The SMILES string of the molecule is C/C=C/CC1(C)CCC2(OCCO2)C(C)(C)C1=O. The van der Waals surface area contributed by atoms with Crippen molar-refractivity contribution in [2.45, 2.75) is 52.7 Å². The largest absolute Gasteiger partial charge is 0.347 e. The van der Waals surface area contributed by atoms with Gasteiger partial charge in [-0.05, 0) is 33.6 Å². The lowest BCUT2D eigenvalue weighted by atomic mass is 9.59. The summed E-state index contributed by atoms with van der Waals surface area (Å²) in [6.45, 7) is 9.19. The van der Waals surface area contributed by atoms with E-state index in [-0.39, 0.29) is 11.2 Å². The second kappa shape index (κ2) is 4.46. The van der Waals surface area contributed by atoms with Crippen molar-refractivity contribution in [2.75, 3.05) is 13.2 Å². The van der Waals surface area contributed by atoms with Gasteiger partial charge in [-0.3, -0.25) is 4.79 Å². The minimum absolute atomic E-state index is 0.265. The molecule has 0 aromatic carbocycles. The van der Waals surface area contributed by atoms with Gasteiger partial charge < -0.3 is 9.47 Å². The van der Waals surface area contributed by atoms with E-state index in [0.29, 0.717) is 13.2 Å². The molecule has 2 rings (SSSR count). The molecule has 3 heteroatoms. The Labute approximate surface area is 110 Å².